The van der Waals surface area contributed by atoms with E-state index in [1.54, 1.807) is 11.8 Å². The van der Waals surface area contributed by atoms with E-state index in [0.717, 1.165) is 31.6 Å². The van der Waals surface area contributed by atoms with E-state index >= 15 is 0 Å². The predicted molar refractivity (Wildman–Crippen MR) is 123 cm³/mol. The first-order chi connectivity index (χ1) is 14.7. The lowest BCUT2D eigenvalue weighted by molar-refractivity contribution is -0.150. The summed E-state index contributed by atoms with van der Waals surface area (Å²) in [5.41, 5.74) is 1.34. The van der Waals surface area contributed by atoms with Crippen molar-refractivity contribution in [2.75, 3.05) is 24.6 Å². The highest BCUT2D eigenvalue weighted by molar-refractivity contribution is 8.35. The molecule has 2 heterocycles. The van der Waals surface area contributed by atoms with Crippen LogP contribution in [0.1, 0.15) is 24.8 Å². The molecule has 1 atom stereocenters. The second kappa shape index (κ2) is 9.78. The number of fused-ring (bicyclic) bond motifs is 1. The Morgan fingerprint density at radius 1 is 1.07 bits per heavy atom. The molecule has 2 aliphatic heterocycles. The highest BCUT2D eigenvalue weighted by atomic mass is 32.3. The minimum absolute atomic E-state index is 0.0373. The zero-order valence-corrected chi connectivity index (χ0v) is 18.4. The molecule has 0 radical (unpaired) electrons. The van der Waals surface area contributed by atoms with Gasteiger partial charge in [-0.2, -0.15) is 0 Å². The van der Waals surface area contributed by atoms with Gasteiger partial charge in [0.15, 0.2) is 0 Å². The van der Waals surface area contributed by atoms with E-state index in [0.29, 0.717) is 18.7 Å². The van der Waals surface area contributed by atoms with Crippen LogP contribution in [-0.4, -0.2) is 41.1 Å². The molecular formula is C23H25NO4S2. The molecule has 2 aliphatic rings. The fourth-order valence-corrected chi connectivity index (χ4v) is 8.76. The number of hydrogen-bond acceptors (Lipinski definition) is 6. The standard InChI is InChI=1S/C23H25NO4S2/c25-22-23(26)28-30(27-22)17-7-16-29-21(30)12-2-1-5-14-24-15-13-19-10-6-9-18-8-3-4-11-20(18)19/h3-4,6,8-11,21,24H,2,7,12-17H2. The second-order valence-electron chi connectivity index (χ2n) is 7.22. The van der Waals surface area contributed by atoms with Crippen LogP contribution in [0.2, 0.25) is 0 Å². The monoisotopic (exact) mass is 443 g/mol. The van der Waals surface area contributed by atoms with Crippen LogP contribution >= 0.6 is 22.4 Å². The number of carbonyl (C=O) groups is 2. The Labute approximate surface area is 183 Å². The molecular weight excluding hydrogens is 418 g/mol. The fraction of sp³-hybridized carbons (Fsp3) is 0.391. The Hall–Kier alpha value is -2.14. The van der Waals surface area contributed by atoms with Crippen LogP contribution in [0.15, 0.2) is 42.5 Å². The molecule has 0 saturated carbocycles. The lowest BCUT2D eigenvalue weighted by Gasteiger charge is -2.44. The summed E-state index contributed by atoms with van der Waals surface area (Å²) in [6, 6.07) is 14.9. The van der Waals surface area contributed by atoms with Crippen molar-refractivity contribution < 1.29 is 18.0 Å². The predicted octanol–water partition coefficient (Wildman–Crippen LogP) is 3.95. The summed E-state index contributed by atoms with van der Waals surface area (Å²) in [4.78, 5) is 23.0. The Bertz CT molecular complexity index is 976. The summed E-state index contributed by atoms with van der Waals surface area (Å²) < 4.78 is 10.8. The molecule has 158 valence electrons. The number of carbonyl (C=O) groups excluding carboxylic acids is 2. The van der Waals surface area contributed by atoms with E-state index in [1.807, 2.05) is 0 Å². The molecule has 2 aromatic rings. The van der Waals surface area contributed by atoms with Gasteiger partial charge < -0.3 is 13.7 Å². The van der Waals surface area contributed by atoms with Gasteiger partial charge in [-0.05, 0) is 41.4 Å². The normalized spacial score (nSPS) is 21.0. The van der Waals surface area contributed by atoms with Crippen LogP contribution in [0, 0.1) is 11.8 Å². The van der Waals surface area contributed by atoms with Crippen molar-refractivity contribution in [1.29, 1.82) is 0 Å². The summed E-state index contributed by atoms with van der Waals surface area (Å²) in [7, 11) is -2.07. The van der Waals surface area contributed by atoms with Gasteiger partial charge in [0.1, 0.15) is 4.58 Å². The first-order valence-electron chi connectivity index (χ1n) is 10.2. The Morgan fingerprint density at radius 3 is 2.73 bits per heavy atom. The van der Waals surface area contributed by atoms with Crippen molar-refractivity contribution in [2.45, 2.75) is 30.3 Å². The first kappa shape index (κ1) is 21.1. The van der Waals surface area contributed by atoms with Crippen LogP contribution in [0.5, 0.6) is 0 Å². The van der Waals surface area contributed by atoms with Gasteiger partial charge in [-0.1, -0.05) is 59.0 Å². The van der Waals surface area contributed by atoms with E-state index in [1.165, 1.54) is 16.3 Å². The zero-order chi connectivity index (χ0) is 20.8. The van der Waals surface area contributed by atoms with Crippen molar-refractivity contribution in [3.8, 4) is 11.8 Å². The van der Waals surface area contributed by atoms with Crippen LogP contribution in [0.3, 0.4) is 0 Å². The van der Waals surface area contributed by atoms with Gasteiger partial charge in [0.05, 0.1) is 12.3 Å². The van der Waals surface area contributed by atoms with Gasteiger partial charge in [-0.3, -0.25) is 0 Å². The smallest absolute Gasteiger partial charge is 0.333 e. The van der Waals surface area contributed by atoms with Crippen molar-refractivity contribution in [2.24, 2.45) is 0 Å². The minimum Gasteiger partial charge on any atom is -0.333 e. The van der Waals surface area contributed by atoms with Gasteiger partial charge in [0.25, 0.3) is 0 Å². The van der Waals surface area contributed by atoms with Crippen LogP contribution in [0.4, 0.5) is 0 Å². The molecule has 1 N–H and O–H groups in total. The second-order valence-corrected chi connectivity index (χ2v) is 11.5. The maximum Gasteiger partial charge on any atom is 0.441 e. The van der Waals surface area contributed by atoms with Gasteiger partial charge in [-0.15, -0.1) is 17.7 Å². The zero-order valence-electron chi connectivity index (χ0n) is 16.7. The fourth-order valence-electron chi connectivity index (χ4n) is 3.73. The van der Waals surface area contributed by atoms with Gasteiger partial charge >= 0.3 is 11.9 Å². The average Bonchev–Trinajstić information content (AvgIpc) is 3.04. The summed E-state index contributed by atoms with van der Waals surface area (Å²) in [6.07, 6.45) is 3.34. The maximum absolute atomic E-state index is 11.5. The highest BCUT2D eigenvalue weighted by Crippen LogP contribution is 2.65. The van der Waals surface area contributed by atoms with Gasteiger partial charge in [0, 0.05) is 13.0 Å². The summed E-state index contributed by atoms with van der Waals surface area (Å²) in [5, 5.41) is 5.97. The van der Waals surface area contributed by atoms with Crippen molar-refractivity contribution in [1.82, 2.24) is 5.32 Å². The van der Waals surface area contributed by atoms with E-state index < -0.39 is 22.5 Å². The largest absolute Gasteiger partial charge is 0.441 e. The molecule has 0 aliphatic carbocycles. The number of rotatable bonds is 6. The Balaban J connectivity index is 1.20. The van der Waals surface area contributed by atoms with Crippen molar-refractivity contribution in [3.63, 3.8) is 0 Å². The molecule has 1 unspecified atom stereocenters. The van der Waals surface area contributed by atoms with Gasteiger partial charge in [-0.25, -0.2) is 9.59 Å². The Morgan fingerprint density at radius 2 is 1.87 bits per heavy atom. The highest BCUT2D eigenvalue weighted by Gasteiger charge is 2.48. The summed E-state index contributed by atoms with van der Waals surface area (Å²) in [5.74, 6) is 6.35. The molecule has 2 saturated heterocycles. The SMILES string of the molecule is O=C1OS2(CCCSC2CCC#CCNCCc2cccc3ccccc23)OC1=O. The Kier molecular flexibility index (Phi) is 6.88. The quantitative estimate of drug-likeness (QED) is 0.414. The van der Waals surface area contributed by atoms with E-state index in [4.69, 9.17) is 8.37 Å². The molecule has 1 spiro atoms. The molecule has 7 heteroatoms. The number of thioether (sulfide) groups is 1. The third-order valence-electron chi connectivity index (χ3n) is 5.17. The molecule has 4 rings (SSSR count). The number of nitrogens with one attached hydrogen (secondary N) is 1. The third kappa shape index (κ3) is 4.77. The van der Waals surface area contributed by atoms with Crippen LogP contribution < -0.4 is 5.32 Å². The molecule has 5 nitrogen and oxygen atoms in total. The van der Waals surface area contributed by atoms with E-state index in [9.17, 15) is 9.59 Å². The lowest BCUT2D eigenvalue weighted by atomic mass is 10.0. The van der Waals surface area contributed by atoms with E-state index in [2.05, 4.69) is 59.6 Å². The number of benzene rings is 2. The van der Waals surface area contributed by atoms with Crippen molar-refractivity contribution >= 4 is 45.1 Å². The third-order valence-corrected chi connectivity index (χ3v) is 10.4. The van der Waals surface area contributed by atoms with Gasteiger partial charge in [0.2, 0.25) is 0 Å². The maximum atomic E-state index is 11.5. The topological polar surface area (TPSA) is 64.6 Å². The molecule has 30 heavy (non-hydrogen) atoms. The van der Waals surface area contributed by atoms with Crippen LogP contribution in [0.25, 0.3) is 10.8 Å². The summed E-state index contributed by atoms with van der Waals surface area (Å²) >= 11 is 1.73. The lowest BCUT2D eigenvalue weighted by Crippen LogP contribution is -2.24. The van der Waals surface area contributed by atoms with Crippen molar-refractivity contribution in [3.05, 3.63) is 48.0 Å². The minimum atomic E-state index is -2.07. The average molecular weight is 444 g/mol. The number of hydrogen-bond donors (Lipinski definition) is 1. The molecule has 0 aromatic heterocycles. The van der Waals surface area contributed by atoms with Crippen LogP contribution in [-0.2, 0) is 24.4 Å². The molecule has 2 aromatic carbocycles. The summed E-state index contributed by atoms with van der Waals surface area (Å²) in [6.45, 7) is 1.52. The molecule has 0 bridgehead atoms. The molecule has 2 fully saturated rings. The molecule has 0 amide bonds. The first-order valence-corrected chi connectivity index (χ1v) is 13.0. The van der Waals surface area contributed by atoms with E-state index in [-0.39, 0.29) is 4.58 Å².